The fourth-order valence-electron chi connectivity index (χ4n) is 6.78. The van der Waals surface area contributed by atoms with Gasteiger partial charge in [-0.2, -0.15) is 0 Å². The van der Waals surface area contributed by atoms with Crippen molar-refractivity contribution in [1.82, 2.24) is 19.7 Å². The summed E-state index contributed by atoms with van der Waals surface area (Å²) in [5.74, 6) is 5.29. The van der Waals surface area contributed by atoms with Crippen LogP contribution in [0.2, 0.25) is 0 Å². The number of amides is 1. The lowest BCUT2D eigenvalue weighted by molar-refractivity contribution is 0.150. The van der Waals surface area contributed by atoms with Crippen molar-refractivity contribution in [1.29, 1.82) is 0 Å². The van der Waals surface area contributed by atoms with Gasteiger partial charge in [0, 0.05) is 62.4 Å². The largest absolute Gasteiger partial charge is 0.497 e. The number of carbonyl (C=O) groups is 1. The van der Waals surface area contributed by atoms with Crippen molar-refractivity contribution >= 4 is 28.8 Å². The normalized spacial score (nSPS) is 12.6. The topological polar surface area (TPSA) is 139 Å². The van der Waals surface area contributed by atoms with Crippen LogP contribution >= 0.6 is 0 Å². The number of unbranched alkanes of at least 4 members (excludes halogenated alkanes) is 1. The average molecular weight is 724 g/mol. The molecular formula is C40H49N7O6. The van der Waals surface area contributed by atoms with Gasteiger partial charge < -0.3 is 43.8 Å². The van der Waals surface area contributed by atoms with E-state index in [9.17, 15) is 4.79 Å². The zero-order valence-electron chi connectivity index (χ0n) is 31.3. The van der Waals surface area contributed by atoms with Gasteiger partial charge in [0.1, 0.15) is 46.5 Å². The van der Waals surface area contributed by atoms with Gasteiger partial charge in [0.05, 0.1) is 28.4 Å². The van der Waals surface area contributed by atoms with E-state index in [-0.39, 0.29) is 6.61 Å². The fourth-order valence-corrected chi connectivity index (χ4v) is 6.78. The van der Waals surface area contributed by atoms with Crippen LogP contribution in [0.15, 0.2) is 60.7 Å². The number of ether oxygens (including phenoxy) is 5. The summed E-state index contributed by atoms with van der Waals surface area (Å²) in [4.78, 5) is 21.1. The highest BCUT2D eigenvalue weighted by Crippen LogP contribution is 2.37. The highest BCUT2D eigenvalue weighted by molar-refractivity contribution is 5.94. The number of anilines is 2. The summed E-state index contributed by atoms with van der Waals surface area (Å²) in [5.41, 5.74) is 10.8. The van der Waals surface area contributed by atoms with E-state index in [0.717, 1.165) is 90.1 Å². The number of fused-ring (bicyclic) bond motifs is 1. The molecule has 5 aromatic rings. The lowest BCUT2D eigenvalue weighted by Gasteiger charge is -2.27. The van der Waals surface area contributed by atoms with Crippen molar-refractivity contribution in [3.05, 3.63) is 88.7 Å². The second kappa shape index (κ2) is 17.2. The monoisotopic (exact) mass is 723 g/mol. The first kappa shape index (κ1) is 37.1. The molecule has 3 heterocycles. The van der Waals surface area contributed by atoms with Gasteiger partial charge in [0.25, 0.3) is 0 Å². The molecule has 13 nitrogen and oxygen atoms in total. The number of aryl methyl sites for hydroxylation is 1. The molecule has 0 unspecified atom stereocenters. The molecule has 0 spiro atoms. The Morgan fingerprint density at radius 2 is 1.42 bits per heavy atom. The Hall–Kier alpha value is -5.72. The Morgan fingerprint density at radius 1 is 0.811 bits per heavy atom. The highest BCUT2D eigenvalue weighted by atomic mass is 16.5. The number of nitrogens with zero attached hydrogens (tertiary/aromatic N) is 6. The summed E-state index contributed by atoms with van der Waals surface area (Å²) in [5, 5.41) is 9.98. The lowest BCUT2D eigenvalue weighted by atomic mass is 10.1. The van der Waals surface area contributed by atoms with E-state index in [1.165, 1.54) is 0 Å². The zero-order chi connectivity index (χ0) is 37.3. The minimum Gasteiger partial charge on any atom is -0.497 e. The summed E-state index contributed by atoms with van der Waals surface area (Å²) >= 11 is 0. The van der Waals surface area contributed by atoms with Crippen LogP contribution in [0.1, 0.15) is 60.7 Å². The van der Waals surface area contributed by atoms with Crippen LogP contribution in [0.3, 0.4) is 0 Å². The van der Waals surface area contributed by atoms with E-state index in [1.54, 1.807) is 28.4 Å². The molecule has 1 aliphatic rings. The Kier molecular flexibility index (Phi) is 12.0. The SMILES string of the molecule is CCCCc1nc2c(N(Cc3ccc(OC)cc3OC)Cc3ccc(OC)cc3OC)nnc(N3CCCC3)c2n1Cc1ccc(COC(N)=O)cc1. The number of carbonyl (C=O) groups excluding carboxylic acids is 1. The molecule has 2 aromatic heterocycles. The summed E-state index contributed by atoms with van der Waals surface area (Å²) in [6.45, 7) is 5.60. The summed E-state index contributed by atoms with van der Waals surface area (Å²) in [7, 11) is 6.61. The Balaban J connectivity index is 1.51. The molecule has 1 amide bonds. The van der Waals surface area contributed by atoms with Gasteiger partial charge >= 0.3 is 6.09 Å². The Bertz CT molecular complexity index is 1950. The molecule has 1 saturated heterocycles. The number of benzene rings is 3. The van der Waals surface area contributed by atoms with Crippen LogP contribution in [0.25, 0.3) is 11.0 Å². The number of hydrogen-bond acceptors (Lipinski definition) is 11. The zero-order valence-corrected chi connectivity index (χ0v) is 31.3. The predicted octanol–water partition coefficient (Wildman–Crippen LogP) is 6.65. The van der Waals surface area contributed by atoms with Crippen LogP contribution in [0.4, 0.5) is 16.4 Å². The van der Waals surface area contributed by atoms with Gasteiger partial charge in [0.2, 0.25) is 0 Å². The lowest BCUT2D eigenvalue weighted by Crippen LogP contribution is -2.26. The van der Waals surface area contributed by atoms with Gasteiger partial charge in [-0.1, -0.05) is 37.6 Å². The molecule has 0 saturated carbocycles. The Labute approximate surface area is 310 Å². The smallest absolute Gasteiger partial charge is 0.404 e. The van der Waals surface area contributed by atoms with Crippen LogP contribution in [-0.2, 0) is 37.4 Å². The number of nitrogens with two attached hydrogens (primary N) is 1. The van der Waals surface area contributed by atoms with Gasteiger partial charge in [-0.05, 0) is 54.7 Å². The van der Waals surface area contributed by atoms with Crippen LogP contribution in [0.5, 0.6) is 23.0 Å². The van der Waals surface area contributed by atoms with Gasteiger partial charge in [-0.15, -0.1) is 10.2 Å². The number of rotatable bonds is 17. The maximum Gasteiger partial charge on any atom is 0.404 e. The van der Waals surface area contributed by atoms with Crippen molar-refractivity contribution in [2.24, 2.45) is 5.73 Å². The summed E-state index contributed by atoms with van der Waals surface area (Å²) in [6, 6.07) is 19.7. The van der Waals surface area contributed by atoms with E-state index in [2.05, 4.69) is 33.4 Å². The van der Waals surface area contributed by atoms with Crippen molar-refractivity contribution in [3.8, 4) is 23.0 Å². The van der Waals surface area contributed by atoms with Gasteiger partial charge in [-0.25, -0.2) is 9.78 Å². The molecule has 53 heavy (non-hydrogen) atoms. The molecule has 13 heteroatoms. The second-order valence-corrected chi connectivity index (χ2v) is 13.1. The van der Waals surface area contributed by atoms with E-state index < -0.39 is 6.09 Å². The molecule has 6 rings (SSSR count). The van der Waals surface area contributed by atoms with E-state index in [0.29, 0.717) is 48.5 Å². The summed E-state index contributed by atoms with van der Waals surface area (Å²) < 4.78 is 30.0. The van der Waals surface area contributed by atoms with Crippen molar-refractivity contribution in [3.63, 3.8) is 0 Å². The first-order valence-electron chi connectivity index (χ1n) is 18.0. The number of imidazole rings is 1. The Morgan fingerprint density at radius 3 is 1.96 bits per heavy atom. The van der Waals surface area contributed by atoms with Crippen LogP contribution < -0.4 is 34.5 Å². The highest BCUT2D eigenvalue weighted by Gasteiger charge is 2.28. The first-order valence-corrected chi connectivity index (χ1v) is 18.0. The molecule has 0 bridgehead atoms. The number of primary amides is 1. The fraction of sp³-hybridized carbons (Fsp3) is 0.400. The second-order valence-electron chi connectivity index (χ2n) is 13.1. The average Bonchev–Trinajstić information content (AvgIpc) is 3.85. The molecule has 1 fully saturated rings. The molecule has 0 atom stereocenters. The molecule has 3 aromatic carbocycles. The summed E-state index contributed by atoms with van der Waals surface area (Å²) in [6.07, 6.45) is 4.20. The maximum absolute atomic E-state index is 11.2. The third-order valence-electron chi connectivity index (χ3n) is 9.62. The van der Waals surface area contributed by atoms with Gasteiger partial charge in [0.15, 0.2) is 11.6 Å². The minimum atomic E-state index is -0.796. The van der Waals surface area contributed by atoms with E-state index in [4.69, 9.17) is 44.6 Å². The molecule has 0 radical (unpaired) electrons. The molecule has 1 aliphatic heterocycles. The number of methoxy groups -OCH3 is 4. The van der Waals surface area contributed by atoms with Crippen molar-refractivity contribution in [2.45, 2.75) is 65.3 Å². The minimum absolute atomic E-state index is 0.122. The molecule has 280 valence electrons. The van der Waals surface area contributed by atoms with Gasteiger partial charge in [-0.3, -0.25) is 0 Å². The number of hydrogen-bond donors (Lipinski definition) is 1. The molecule has 2 N–H and O–H groups in total. The van der Waals surface area contributed by atoms with Crippen LogP contribution in [-0.4, -0.2) is 67.4 Å². The van der Waals surface area contributed by atoms with Crippen molar-refractivity contribution in [2.75, 3.05) is 51.3 Å². The maximum atomic E-state index is 11.2. The molecular weight excluding hydrogens is 674 g/mol. The third-order valence-corrected chi connectivity index (χ3v) is 9.62. The molecule has 0 aliphatic carbocycles. The van der Waals surface area contributed by atoms with E-state index in [1.807, 2.05) is 48.5 Å². The predicted molar refractivity (Wildman–Crippen MR) is 204 cm³/mol. The standard InChI is InChI=1S/C40H49N7O6/c1-6-7-10-35-42-36-37(47(35)23-27-11-13-28(14-12-27)26-53-40(41)48)39(45-19-8-9-20-45)44-43-38(36)46(24-29-15-17-31(49-2)21-33(29)51-4)25-30-16-18-32(50-3)22-34(30)52-5/h11-18,21-22H,6-10,19-20,23-26H2,1-5H3,(H2,41,48). The van der Waals surface area contributed by atoms with Crippen molar-refractivity contribution < 1.29 is 28.5 Å². The van der Waals surface area contributed by atoms with E-state index >= 15 is 0 Å². The quantitative estimate of drug-likeness (QED) is 0.110. The number of aromatic nitrogens is 4. The third kappa shape index (κ3) is 8.51. The first-order chi connectivity index (χ1) is 25.8. The van der Waals surface area contributed by atoms with Crippen LogP contribution in [0, 0.1) is 0 Å².